The molecule has 0 saturated carbocycles. The molecular formula is C14H12FN3O2. The Bertz CT molecular complexity index is 832. The predicted octanol–water partition coefficient (Wildman–Crippen LogP) is 2.42. The van der Waals surface area contributed by atoms with E-state index in [2.05, 4.69) is 5.10 Å². The molecule has 0 bridgehead atoms. The van der Waals surface area contributed by atoms with Crippen LogP contribution in [0, 0.1) is 5.82 Å². The van der Waals surface area contributed by atoms with Crippen molar-refractivity contribution >= 4 is 16.9 Å². The summed E-state index contributed by atoms with van der Waals surface area (Å²) in [5.74, 6) is -1.36. The number of fused-ring (bicyclic) bond motifs is 1. The third-order valence-corrected chi connectivity index (χ3v) is 3.37. The monoisotopic (exact) mass is 273 g/mol. The average molecular weight is 273 g/mol. The Balaban J connectivity index is 2.25. The Kier molecular flexibility index (Phi) is 2.60. The predicted molar refractivity (Wildman–Crippen MR) is 72.0 cm³/mol. The molecule has 20 heavy (non-hydrogen) atoms. The molecule has 1 N–H and O–H groups in total. The lowest BCUT2D eigenvalue weighted by molar-refractivity contribution is 0.0685. The van der Waals surface area contributed by atoms with Crippen molar-refractivity contribution in [2.24, 2.45) is 14.1 Å². The molecule has 3 aromatic rings. The van der Waals surface area contributed by atoms with Crippen LogP contribution in [-0.4, -0.2) is 25.4 Å². The molecule has 5 nitrogen and oxygen atoms in total. The second-order valence-corrected chi connectivity index (χ2v) is 4.61. The first-order valence-electron chi connectivity index (χ1n) is 6.00. The number of hydrogen-bond donors (Lipinski definition) is 1. The summed E-state index contributed by atoms with van der Waals surface area (Å²) in [5, 5.41) is 14.0. The highest BCUT2D eigenvalue weighted by Gasteiger charge is 2.17. The van der Waals surface area contributed by atoms with Gasteiger partial charge in [0, 0.05) is 25.5 Å². The molecule has 2 aromatic heterocycles. The molecule has 1 aromatic carbocycles. The molecule has 0 unspecified atom stereocenters. The van der Waals surface area contributed by atoms with E-state index in [9.17, 15) is 9.18 Å². The maximum absolute atomic E-state index is 13.8. The van der Waals surface area contributed by atoms with Gasteiger partial charge in [0.25, 0.3) is 0 Å². The molecule has 0 spiro atoms. The minimum Gasteiger partial charge on any atom is -0.477 e. The number of benzene rings is 1. The summed E-state index contributed by atoms with van der Waals surface area (Å²) in [6, 6.07) is 8.12. The van der Waals surface area contributed by atoms with E-state index >= 15 is 0 Å². The SMILES string of the molecule is Cn1nc(-c2cc3cccc(F)c3n2C)cc1C(=O)O. The number of aryl methyl sites for hydroxylation is 2. The lowest BCUT2D eigenvalue weighted by Crippen LogP contribution is -2.04. The number of aromatic nitrogens is 3. The standard InChI is InChI=1S/C14H12FN3O2/c1-17-11(6-8-4-3-5-9(15)13(8)17)10-7-12(14(19)20)18(2)16-10/h3-7H,1-2H3,(H,19,20). The van der Waals surface area contributed by atoms with Gasteiger partial charge in [-0.05, 0) is 12.1 Å². The molecule has 0 aliphatic carbocycles. The molecule has 3 rings (SSSR count). The molecule has 0 atom stereocenters. The van der Waals surface area contributed by atoms with Gasteiger partial charge in [-0.1, -0.05) is 12.1 Å². The minimum absolute atomic E-state index is 0.0886. The minimum atomic E-state index is -1.05. The number of rotatable bonds is 2. The first kappa shape index (κ1) is 12.4. The Morgan fingerprint density at radius 1 is 1.30 bits per heavy atom. The van der Waals surface area contributed by atoms with Crippen LogP contribution >= 0.6 is 0 Å². The zero-order valence-electron chi connectivity index (χ0n) is 11.0. The van der Waals surface area contributed by atoms with Crippen LogP contribution in [-0.2, 0) is 14.1 Å². The smallest absolute Gasteiger partial charge is 0.354 e. The maximum atomic E-state index is 13.8. The summed E-state index contributed by atoms with van der Waals surface area (Å²) in [6.45, 7) is 0. The molecule has 0 fully saturated rings. The molecule has 0 radical (unpaired) electrons. The summed E-state index contributed by atoms with van der Waals surface area (Å²) < 4.78 is 16.8. The van der Waals surface area contributed by atoms with Gasteiger partial charge in [0.1, 0.15) is 17.2 Å². The Hall–Kier alpha value is -2.63. The van der Waals surface area contributed by atoms with Crippen LogP contribution in [0.4, 0.5) is 4.39 Å². The van der Waals surface area contributed by atoms with Gasteiger partial charge >= 0.3 is 5.97 Å². The Labute approximate surface area is 113 Å². The van der Waals surface area contributed by atoms with E-state index in [1.807, 2.05) is 6.07 Å². The van der Waals surface area contributed by atoms with Crippen molar-refractivity contribution < 1.29 is 14.3 Å². The fraction of sp³-hybridized carbons (Fsp3) is 0.143. The molecule has 0 amide bonds. The van der Waals surface area contributed by atoms with Gasteiger partial charge < -0.3 is 9.67 Å². The number of hydrogen-bond acceptors (Lipinski definition) is 2. The molecule has 6 heteroatoms. The van der Waals surface area contributed by atoms with Crippen LogP contribution in [0.15, 0.2) is 30.3 Å². The van der Waals surface area contributed by atoms with Gasteiger partial charge in [0.15, 0.2) is 0 Å². The van der Waals surface area contributed by atoms with Gasteiger partial charge in [-0.3, -0.25) is 4.68 Å². The highest BCUT2D eigenvalue weighted by molar-refractivity contribution is 5.90. The maximum Gasteiger partial charge on any atom is 0.354 e. The fourth-order valence-electron chi connectivity index (χ4n) is 2.41. The zero-order valence-corrected chi connectivity index (χ0v) is 11.0. The second-order valence-electron chi connectivity index (χ2n) is 4.61. The van der Waals surface area contributed by atoms with Crippen LogP contribution < -0.4 is 0 Å². The van der Waals surface area contributed by atoms with E-state index < -0.39 is 5.97 Å². The van der Waals surface area contributed by atoms with Gasteiger partial charge in [0.05, 0.1) is 11.2 Å². The number of nitrogens with zero attached hydrogens (tertiary/aromatic N) is 3. The molecule has 0 aliphatic heterocycles. The lowest BCUT2D eigenvalue weighted by atomic mass is 10.2. The van der Waals surface area contributed by atoms with Crippen LogP contribution in [0.5, 0.6) is 0 Å². The number of aromatic carboxylic acids is 1. The summed E-state index contributed by atoms with van der Waals surface area (Å²) in [6.07, 6.45) is 0. The van der Waals surface area contributed by atoms with E-state index in [1.165, 1.54) is 16.8 Å². The number of carboxylic acid groups (broad SMARTS) is 1. The Morgan fingerprint density at radius 3 is 2.65 bits per heavy atom. The molecule has 0 aliphatic rings. The van der Waals surface area contributed by atoms with Gasteiger partial charge in [-0.15, -0.1) is 0 Å². The lowest BCUT2D eigenvalue weighted by Gasteiger charge is -2.01. The zero-order chi connectivity index (χ0) is 14.4. The van der Waals surface area contributed by atoms with Crippen molar-refractivity contribution in [1.82, 2.24) is 14.3 Å². The van der Waals surface area contributed by atoms with Crippen molar-refractivity contribution in [3.63, 3.8) is 0 Å². The number of carbonyl (C=O) groups is 1. The van der Waals surface area contributed by atoms with Crippen LogP contribution in [0.1, 0.15) is 10.5 Å². The van der Waals surface area contributed by atoms with E-state index in [4.69, 9.17) is 5.11 Å². The summed E-state index contributed by atoms with van der Waals surface area (Å²) in [5.41, 5.74) is 1.74. The third kappa shape index (κ3) is 1.69. The van der Waals surface area contributed by atoms with Crippen LogP contribution in [0.3, 0.4) is 0 Å². The van der Waals surface area contributed by atoms with E-state index in [-0.39, 0.29) is 11.5 Å². The molecular weight excluding hydrogens is 261 g/mol. The van der Waals surface area contributed by atoms with Crippen molar-refractivity contribution in [2.75, 3.05) is 0 Å². The average Bonchev–Trinajstić information content (AvgIpc) is 2.91. The van der Waals surface area contributed by atoms with Crippen LogP contribution in [0.2, 0.25) is 0 Å². The summed E-state index contributed by atoms with van der Waals surface area (Å²) in [7, 11) is 3.30. The van der Waals surface area contributed by atoms with Crippen molar-refractivity contribution in [3.05, 3.63) is 41.8 Å². The topological polar surface area (TPSA) is 60.0 Å². The van der Waals surface area contributed by atoms with Gasteiger partial charge in [0.2, 0.25) is 0 Å². The van der Waals surface area contributed by atoms with E-state index in [0.717, 1.165) is 5.39 Å². The fourth-order valence-corrected chi connectivity index (χ4v) is 2.41. The molecule has 102 valence electrons. The third-order valence-electron chi connectivity index (χ3n) is 3.37. The van der Waals surface area contributed by atoms with E-state index in [1.54, 1.807) is 30.8 Å². The quantitative estimate of drug-likeness (QED) is 0.780. The summed E-state index contributed by atoms with van der Waals surface area (Å²) >= 11 is 0. The van der Waals surface area contributed by atoms with Gasteiger partial charge in [-0.2, -0.15) is 5.10 Å². The first-order valence-corrected chi connectivity index (χ1v) is 6.00. The largest absolute Gasteiger partial charge is 0.477 e. The highest BCUT2D eigenvalue weighted by Crippen LogP contribution is 2.28. The second kappa shape index (κ2) is 4.19. The van der Waals surface area contributed by atoms with Crippen LogP contribution in [0.25, 0.3) is 22.3 Å². The highest BCUT2D eigenvalue weighted by atomic mass is 19.1. The van der Waals surface area contributed by atoms with Crippen molar-refractivity contribution in [2.45, 2.75) is 0 Å². The number of para-hydroxylation sites is 1. The first-order chi connectivity index (χ1) is 9.49. The molecule has 2 heterocycles. The Morgan fingerprint density at radius 2 is 2.05 bits per heavy atom. The van der Waals surface area contributed by atoms with Crippen molar-refractivity contribution in [1.29, 1.82) is 0 Å². The normalized spacial score (nSPS) is 11.2. The summed E-state index contributed by atoms with van der Waals surface area (Å²) in [4.78, 5) is 11.0. The number of carboxylic acids is 1. The molecule has 0 saturated heterocycles. The van der Waals surface area contributed by atoms with Gasteiger partial charge in [-0.25, -0.2) is 9.18 Å². The number of halogens is 1. The van der Waals surface area contributed by atoms with Crippen molar-refractivity contribution in [3.8, 4) is 11.4 Å². The van der Waals surface area contributed by atoms with E-state index in [0.29, 0.717) is 16.9 Å².